The minimum absolute atomic E-state index is 0.287. The van der Waals surface area contributed by atoms with Gasteiger partial charge in [-0.2, -0.15) is 0 Å². The Morgan fingerprint density at radius 3 is 2.73 bits per heavy atom. The Kier molecular flexibility index (Phi) is 6.14. The van der Waals surface area contributed by atoms with Crippen LogP contribution in [0, 0.1) is 12.3 Å². The van der Waals surface area contributed by atoms with Crippen molar-refractivity contribution >= 4 is 34.7 Å². The molecule has 0 saturated heterocycles. The minimum atomic E-state index is -0.761. The average Bonchev–Trinajstić information content (AvgIpc) is 3.02. The van der Waals surface area contributed by atoms with E-state index in [1.54, 1.807) is 51.4 Å². The molecular formula is C22H28N6O2. The second-order valence-electron chi connectivity index (χ2n) is 7.88. The molecule has 3 aromatic heterocycles. The van der Waals surface area contributed by atoms with Gasteiger partial charge in [-0.3, -0.25) is 4.79 Å². The molecule has 0 unspecified atom stereocenters. The summed E-state index contributed by atoms with van der Waals surface area (Å²) in [5.41, 5.74) is 1.12. The molecule has 30 heavy (non-hydrogen) atoms. The molecular weight excluding hydrogens is 380 g/mol. The molecule has 3 aromatic rings. The third kappa shape index (κ3) is 4.64. The van der Waals surface area contributed by atoms with Gasteiger partial charge >= 0.3 is 5.97 Å². The van der Waals surface area contributed by atoms with Gasteiger partial charge in [-0.25, -0.2) is 19.9 Å². The summed E-state index contributed by atoms with van der Waals surface area (Å²) in [5.74, 6) is 2.44. The van der Waals surface area contributed by atoms with E-state index in [1.165, 1.54) is 0 Å². The van der Waals surface area contributed by atoms with Crippen molar-refractivity contribution in [1.82, 2.24) is 24.5 Å². The first-order valence-electron chi connectivity index (χ1n) is 10.0. The van der Waals surface area contributed by atoms with E-state index < -0.39 is 5.41 Å². The maximum absolute atomic E-state index is 12.0. The zero-order chi connectivity index (χ0) is 21.9. The number of nitrogens with zero attached hydrogens (tertiary/aromatic N) is 5. The molecule has 0 spiro atoms. The molecule has 8 nitrogen and oxygen atoms in total. The van der Waals surface area contributed by atoms with Gasteiger partial charge in [0.25, 0.3) is 0 Å². The van der Waals surface area contributed by atoms with E-state index in [0.717, 1.165) is 16.9 Å². The maximum Gasteiger partial charge on any atom is 0.315 e. The summed E-state index contributed by atoms with van der Waals surface area (Å²) in [6.45, 7) is 12.0. The standard InChI is InChI=1S/C22H28N6O2/c1-7-30-21(29)22(5,6)10-8-18-23-11-9-19(26-18)27-20-12-17-16(13-24-20)25-15(4)28(17)14(2)3/h8-14H,7H2,1-6H3,(H,23,24,26,27). The van der Waals surface area contributed by atoms with Crippen molar-refractivity contribution in [2.24, 2.45) is 5.41 Å². The summed E-state index contributed by atoms with van der Waals surface area (Å²) in [4.78, 5) is 29.8. The van der Waals surface area contributed by atoms with Crippen LogP contribution in [0.3, 0.4) is 0 Å². The van der Waals surface area contributed by atoms with Crippen molar-refractivity contribution in [3.63, 3.8) is 0 Å². The van der Waals surface area contributed by atoms with Crippen LogP contribution in [-0.2, 0) is 9.53 Å². The quantitative estimate of drug-likeness (QED) is 0.577. The van der Waals surface area contributed by atoms with Crippen molar-refractivity contribution in [3.05, 3.63) is 42.3 Å². The number of carbonyl (C=O) groups excluding carboxylic acids is 1. The van der Waals surface area contributed by atoms with E-state index in [2.05, 4.69) is 43.7 Å². The second kappa shape index (κ2) is 8.61. The van der Waals surface area contributed by atoms with Crippen molar-refractivity contribution < 1.29 is 9.53 Å². The van der Waals surface area contributed by atoms with Gasteiger partial charge < -0.3 is 14.6 Å². The number of ether oxygens (including phenoxy) is 1. The van der Waals surface area contributed by atoms with Crippen LogP contribution in [0.4, 0.5) is 11.6 Å². The Labute approximate surface area is 176 Å². The third-order valence-corrected chi connectivity index (χ3v) is 4.65. The maximum atomic E-state index is 12.0. The summed E-state index contributed by atoms with van der Waals surface area (Å²) in [7, 11) is 0. The molecule has 0 aliphatic carbocycles. The Morgan fingerprint density at radius 1 is 1.27 bits per heavy atom. The van der Waals surface area contributed by atoms with E-state index in [9.17, 15) is 4.79 Å². The second-order valence-corrected chi connectivity index (χ2v) is 7.88. The van der Waals surface area contributed by atoms with Gasteiger partial charge in [0.15, 0.2) is 5.82 Å². The van der Waals surface area contributed by atoms with Crippen LogP contribution in [0.2, 0.25) is 0 Å². The van der Waals surface area contributed by atoms with E-state index in [0.29, 0.717) is 30.1 Å². The van der Waals surface area contributed by atoms with Crippen LogP contribution >= 0.6 is 0 Å². The highest BCUT2D eigenvalue weighted by atomic mass is 16.5. The first kappa shape index (κ1) is 21.4. The molecule has 0 amide bonds. The number of anilines is 2. The fraction of sp³-hybridized carbons (Fsp3) is 0.409. The first-order chi connectivity index (χ1) is 14.2. The SMILES string of the molecule is CCOC(=O)C(C)(C)C=Cc1nccc(Nc2cc3c(cn2)nc(C)n3C(C)C)n1. The molecule has 3 rings (SSSR count). The number of fused-ring (bicyclic) bond motifs is 1. The van der Waals surface area contributed by atoms with Crippen molar-refractivity contribution in [2.75, 3.05) is 11.9 Å². The molecule has 0 aromatic carbocycles. The molecule has 0 saturated carbocycles. The largest absolute Gasteiger partial charge is 0.465 e. The predicted octanol–water partition coefficient (Wildman–Crippen LogP) is 4.46. The topological polar surface area (TPSA) is 94.8 Å². The highest BCUT2D eigenvalue weighted by Crippen LogP contribution is 2.24. The zero-order valence-electron chi connectivity index (χ0n) is 18.3. The molecule has 1 N–H and O–H groups in total. The van der Waals surface area contributed by atoms with Crippen LogP contribution in [0.25, 0.3) is 17.1 Å². The minimum Gasteiger partial charge on any atom is -0.465 e. The van der Waals surface area contributed by atoms with Crippen LogP contribution in [0.5, 0.6) is 0 Å². The lowest BCUT2D eigenvalue weighted by Gasteiger charge is -2.17. The highest BCUT2D eigenvalue weighted by Gasteiger charge is 2.25. The highest BCUT2D eigenvalue weighted by molar-refractivity contribution is 5.80. The summed E-state index contributed by atoms with van der Waals surface area (Å²) in [6.07, 6.45) is 6.88. The Bertz CT molecular complexity index is 1080. The Hall–Kier alpha value is -3.29. The number of pyridine rings is 1. The van der Waals surface area contributed by atoms with Gasteiger partial charge in [0.2, 0.25) is 0 Å². The molecule has 0 aliphatic heterocycles. The zero-order valence-corrected chi connectivity index (χ0v) is 18.3. The number of esters is 1. The summed E-state index contributed by atoms with van der Waals surface area (Å²) in [6, 6.07) is 4.03. The van der Waals surface area contributed by atoms with E-state index in [1.807, 2.05) is 13.0 Å². The Morgan fingerprint density at radius 2 is 2.03 bits per heavy atom. The molecule has 0 radical (unpaired) electrons. The first-order valence-corrected chi connectivity index (χ1v) is 10.0. The lowest BCUT2D eigenvalue weighted by Crippen LogP contribution is -2.24. The van der Waals surface area contributed by atoms with Gasteiger partial charge in [-0.05, 0) is 53.7 Å². The number of aromatic nitrogens is 5. The smallest absolute Gasteiger partial charge is 0.315 e. The Balaban J connectivity index is 1.82. The molecule has 158 valence electrons. The van der Waals surface area contributed by atoms with Gasteiger partial charge in [0.1, 0.15) is 23.0 Å². The number of aryl methyl sites for hydroxylation is 1. The molecule has 0 atom stereocenters. The van der Waals surface area contributed by atoms with E-state index in [-0.39, 0.29) is 5.97 Å². The lowest BCUT2D eigenvalue weighted by molar-refractivity contribution is -0.150. The predicted molar refractivity (Wildman–Crippen MR) is 117 cm³/mol. The lowest BCUT2D eigenvalue weighted by atomic mass is 9.93. The van der Waals surface area contributed by atoms with Crippen molar-refractivity contribution in [1.29, 1.82) is 0 Å². The van der Waals surface area contributed by atoms with Gasteiger partial charge in [-0.15, -0.1) is 0 Å². The number of carbonyl (C=O) groups is 1. The van der Waals surface area contributed by atoms with Crippen LogP contribution in [0.1, 0.15) is 52.3 Å². The van der Waals surface area contributed by atoms with Crippen LogP contribution < -0.4 is 5.32 Å². The van der Waals surface area contributed by atoms with Crippen LogP contribution in [-0.4, -0.2) is 37.1 Å². The number of nitrogens with one attached hydrogen (secondary N) is 1. The third-order valence-electron chi connectivity index (χ3n) is 4.65. The number of hydrogen-bond donors (Lipinski definition) is 1. The molecule has 0 aliphatic rings. The molecule has 3 heterocycles. The number of rotatable bonds is 7. The van der Waals surface area contributed by atoms with Crippen molar-refractivity contribution in [2.45, 2.75) is 47.6 Å². The normalized spacial score (nSPS) is 12.1. The fourth-order valence-electron chi connectivity index (χ4n) is 3.16. The van der Waals surface area contributed by atoms with Gasteiger partial charge in [-0.1, -0.05) is 6.08 Å². The fourth-order valence-corrected chi connectivity index (χ4v) is 3.16. The monoisotopic (exact) mass is 408 g/mol. The summed E-state index contributed by atoms with van der Waals surface area (Å²) < 4.78 is 7.28. The van der Waals surface area contributed by atoms with Gasteiger partial charge in [0.05, 0.1) is 23.7 Å². The van der Waals surface area contributed by atoms with Crippen molar-refractivity contribution in [3.8, 4) is 0 Å². The molecule has 0 fully saturated rings. The van der Waals surface area contributed by atoms with Gasteiger partial charge in [0, 0.05) is 18.3 Å². The number of hydrogen-bond acceptors (Lipinski definition) is 7. The molecule has 8 heteroatoms. The van der Waals surface area contributed by atoms with E-state index in [4.69, 9.17) is 4.74 Å². The van der Waals surface area contributed by atoms with E-state index >= 15 is 0 Å². The summed E-state index contributed by atoms with van der Waals surface area (Å²) >= 11 is 0. The summed E-state index contributed by atoms with van der Waals surface area (Å²) in [5, 5.41) is 3.22. The average molecular weight is 409 g/mol. The van der Waals surface area contributed by atoms with Crippen LogP contribution in [0.15, 0.2) is 30.6 Å². The molecule has 0 bridgehead atoms. The number of imidazole rings is 1.